The molecule has 1 amide bonds. The van der Waals surface area contributed by atoms with E-state index in [1.807, 2.05) is 60.7 Å². The smallest absolute Gasteiger partial charge is 0.262 e. The third-order valence-corrected chi connectivity index (χ3v) is 6.22. The van der Waals surface area contributed by atoms with E-state index in [1.54, 1.807) is 4.57 Å². The molecule has 2 heterocycles. The van der Waals surface area contributed by atoms with Crippen LogP contribution >= 0.6 is 11.8 Å². The van der Waals surface area contributed by atoms with Crippen molar-refractivity contribution < 1.29 is 4.79 Å². The molecule has 2 aromatic carbocycles. The van der Waals surface area contributed by atoms with Gasteiger partial charge in [-0.15, -0.1) is 10.2 Å². The molecule has 31 heavy (non-hydrogen) atoms. The number of thioether (sulfide) groups is 1. The molecule has 0 atom stereocenters. The van der Waals surface area contributed by atoms with E-state index in [9.17, 15) is 9.59 Å². The summed E-state index contributed by atoms with van der Waals surface area (Å²) in [5.41, 5.74) is 3.58. The van der Waals surface area contributed by atoms with Crippen LogP contribution in [0.5, 0.6) is 0 Å². The zero-order valence-electron chi connectivity index (χ0n) is 17.9. The number of aryl methyl sites for hydroxylation is 3. The Morgan fingerprint density at radius 3 is 2.55 bits per heavy atom. The van der Waals surface area contributed by atoms with E-state index < -0.39 is 0 Å². The maximum Gasteiger partial charge on any atom is 0.262 e. The maximum atomic E-state index is 13.0. The molecule has 0 fully saturated rings. The van der Waals surface area contributed by atoms with Crippen LogP contribution in [-0.2, 0) is 11.3 Å². The fourth-order valence-corrected chi connectivity index (χ4v) is 4.40. The summed E-state index contributed by atoms with van der Waals surface area (Å²) in [7, 11) is 0. The molecule has 0 unspecified atom stereocenters. The number of hydrogen-bond donors (Lipinski definition) is 1. The number of anilines is 1. The Morgan fingerprint density at radius 1 is 1.06 bits per heavy atom. The number of benzene rings is 2. The zero-order valence-corrected chi connectivity index (χ0v) is 18.7. The summed E-state index contributed by atoms with van der Waals surface area (Å²) in [6.45, 7) is 6.62. The molecule has 0 spiro atoms. The molecule has 160 valence electrons. The fourth-order valence-electron chi connectivity index (χ4n) is 3.66. The summed E-state index contributed by atoms with van der Waals surface area (Å²) in [5.74, 6) is 0.592. The molecule has 0 aliphatic rings. The molecule has 8 heteroatoms. The minimum atomic E-state index is -0.109. The average molecular weight is 436 g/mol. The summed E-state index contributed by atoms with van der Waals surface area (Å²) >= 11 is 1.31. The Morgan fingerprint density at radius 2 is 1.81 bits per heavy atom. The second-order valence-corrected chi connectivity index (χ2v) is 8.49. The Kier molecular flexibility index (Phi) is 6.08. The summed E-state index contributed by atoms with van der Waals surface area (Å²) in [4.78, 5) is 25.6. The lowest BCUT2D eigenvalue weighted by Gasteiger charge is -2.12. The minimum Gasteiger partial charge on any atom is -0.325 e. The first-order valence-corrected chi connectivity index (χ1v) is 11.4. The van der Waals surface area contributed by atoms with Crippen molar-refractivity contribution >= 4 is 40.0 Å². The van der Waals surface area contributed by atoms with Crippen LogP contribution in [0, 0.1) is 13.8 Å². The first-order valence-electron chi connectivity index (χ1n) is 10.4. The Balaban J connectivity index is 1.66. The Labute approximate surface area is 184 Å². The van der Waals surface area contributed by atoms with Gasteiger partial charge in [-0.25, -0.2) is 0 Å². The molecule has 2 aromatic heterocycles. The van der Waals surface area contributed by atoms with E-state index in [-0.39, 0.29) is 17.2 Å². The van der Waals surface area contributed by atoms with Crippen LogP contribution in [-0.4, -0.2) is 30.8 Å². The zero-order chi connectivity index (χ0) is 22.0. The standard InChI is InChI=1S/C23H25N5O2S/c1-4-5-13-27-21(30)17-11-6-7-12-18(17)28-22(27)25-26-23(28)31-14-19(29)24-20-15(2)9-8-10-16(20)3/h6-12H,4-5,13-14H2,1-3H3,(H,24,29). The lowest BCUT2D eigenvalue weighted by atomic mass is 10.1. The van der Waals surface area contributed by atoms with Crippen molar-refractivity contribution in [2.24, 2.45) is 0 Å². The van der Waals surface area contributed by atoms with Gasteiger partial charge in [-0.05, 0) is 43.5 Å². The van der Waals surface area contributed by atoms with Gasteiger partial charge in [-0.1, -0.05) is 55.4 Å². The van der Waals surface area contributed by atoms with Gasteiger partial charge in [0.25, 0.3) is 5.56 Å². The van der Waals surface area contributed by atoms with Gasteiger partial charge in [0.15, 0.2) is 5.16 Å². The van der Waals surface area contributed by atoms with Crippen LogP contribution in [0.25, 0.3) is 16.7 Å². The molecule has 4 aromatic rings. The van der Waals surface area contributed by atoms with E-state index in [2.05, 4.69) is 22.4 Å². The van der Waals surface area contributed by atoms with E-state index in [4.69, 9.17) is 0 Å². The second kappa shape index (κ2) is 8.93. The average Bonchev–Trinajstić information content (AvgIpc) is 3.19. The second-order valence-electron chi connectivity index (χ2n) is 7.55. The first-order chi connectivity index (χ1) is 15.0. The highest BCUT2D eigenvalue weighted by molar-refractivity contribution is 7.99. The normalized spacial score (nSPS) is 11.3. The van der Waals surface area contributed by atoms with E-state index >= 15 is 0 Å². The van der Waals surface area contributed by atoms with Crippen LogP contribution in [0.2, 0.25) is 0 Å². The number of unbranched alkanes of at least 4 members (excludes halogenated alkanes) is 1. The molecule has 0 bridgehead atoms. The van der Waals surface area contributed by atoms with Crippen molar-refractivity contribution in [2.75, 3.05) is 11.1 Å². The quantitative estimate of drug-likeness (QED) is 0.440. The van der Waals surface area contributed by atoms with Gasteiger partial charge in [0.1, 0.15) is 0 Å². The number of nitrogens with zero attached hydrogens (tertiary/aromatic N) is 4. The van der Waals surface area contributed by atoms with Crippen LogP contribution < -0.4 is 10.9 Å². The highest BCUT2D eigenvalue weighted by atomic mass is 32.2. The predicted octanol–water partition coefficient (Wildman–Crippen LogP) is 4.19. The molecule has 0 radical (unpaired) electrons. The maximum absolute atomic E-state index is 13.0. The van der Waals surface area contributed by atoms with Gasteiger partial charge >= 0.3 is 0 Å². The number of carbonyl (C=O) groups is 1. The molecule has 7 nitrogen and oxygen atoms in total. The third-order valence-electron chi connectivity index (χ3n) is 5.29. The fraction of sp³-hybridized carbons (Fsp3) is 0.304. The lowest BCUT2D eigenvalue weighted by molar-refractivity contribution is -0.113. The molecule has 0 saturated heterocycles. The third kappa shape index (κ3) is 4.07. The lowest BCUT2D eigenvalue weighted by Crippen LogP contribution is -2.23. The van der Waals surface area contributed by atoms with Crippen molar-refractivity contribution in [1.82, 2.24) is 19.2 Å². The van der Waals surface area contributed by atoms with E-state index in [1.165, 1.54) is 11.8 Å². The van der Waals surface area contributed by atoms with Gasteiger partial charge in [0, 0.05) is 12.2 Å². The molecule has 0 aliphatic carbocycles. The summed E-state index contributed by atoms with van der Waals surface area (Å²) in [5, 5.41) is 12.8. The molecular weight excluding hydrogens is 410 g/mol. The monoisotopic (exact) mass is 435 g/mol. The summed E-state index contributed by atoms with van der Waals surface area (Å²) in [6, 6.07) is 13.4. The van der Waals surface area contributed by atoms with Gasteiger partial charge in [0.05, 0.1) is 16.7 Å². The number of hydrogen-bond acceptors (Lipinski definition) is 5. The van der Waals surface area contributed by atoms with Crippen LogP contribution in [0.3, 0.4) is 0 Å². The van der Waals surface area contributed by atoms with Gasteiger partial charge in [-0.3, -0.25) is 18.6 Å². The van der Waals surface area contributed by atoms with Crippen molar-refractivity contribution in [1.29, 1.82) is 0 Å². The molecule has 1 N–H and O–H groups in total. The van der Waals surface area contributed by atoms with Crippen molar-refractivity contribution in [2.45, 2.75) is 45.3 Å². The molecule has 0 aliphatic heterocycles. The molecular formula is C23H25N5O2S. The topological polar surface area (TPSA) is 81.3 Å². The number of aromatic nitrogens is 4. The minimum absolute atomic E-state index is 0.0618. The van der Waals surface area contributed by atoms with Crippen molar-refractivity contribution in [3.63, 3.8) is 0 Å². The Hall–Kier alpha value is -3.13. The van der Waals surface area contributed by atoms with Crippen LogP contribution in [0.15, 0.2) is 52.4 Å². The SMILES string of the molecule is CCCCn1c(=O)c2ccccc2n2c(SCC(=O)Nc3c(C)cccc3C)nnc12. The van der Waals surface area contributed by atoms with Crippen molar-refractivity contribution in [3.05, 3.63) is 63.9 Å². The van der Waals surface area contributed by atoms with Gasteiger partial charge in [0.2, 0.25) is 11.7 Å². The summed E-state index contributed by atoms with van der Waals surface area (Å²) < 4.78 is 3.56. The first kappa shape index (κ1) is 21.1. The molecule has 0 saturated carbocycles. The number of fused-ring (bicyclic) bond motifs is 3. The number of amides is 1. The highest BCUT2D eigenvalue weighted by Gasteiger charge is 2.17. The van der Waals surface area contributed by atoms with Crippen LogP contribution in [0.1, 0.15) is 30.9 Å². The number of nitrogens with one attached hydrogen (secondary N) is 1. The van der Waals surface area contributed by atoms with Gasteiger partial charge < -0.3 is 5.32 Å². The predicted molar refractivity (Wildman–Crippen MR) is 125 cm³/mol. The van der Waals surface area contributed by atoms with E-state index in [0.717, 1.165) is 35.2 Å². The van der Waals surface area contributed by atoms with Gasteiger partial charge in [-0.2, -0.15) is 0 Å². The highest BCUT2D eigenvalue weighted by Crippen LogP contribution is 2.23. The molecule has 4 rings (SSSR count). The largest absolute Gasteiger partial charge is 0.325 e. The number of carbonyl (C=O) groups excluding carboxylic acids is 1. The van der Waals surface area contributed by atoms with E-state index in [0.29, 0.717) is 22.9 Å². The number of para-hydroxylation sites is 2. The van der Waals surface area contributed by atoms with Crippen molar-refractivity contribution in [3.8, 4) is 0 Å². The number of rotatable bonds is 7. The Bertz CT molecular complexity index is 1300. The van der Waals surface area contributed by atoms with Crippen LogP contribution in [0.4, 0.5) is 5.69 Å². The summed E-state index contributed by atoms with van der Waals surface area (Å²) in [6.07, 6.45) is 1.85.